The summed E-state index contributed by atoms with van der Waals surface area (Å²) in [6.45, 7) is 0.0371. The lowest BCUT2D eigenvalue weighted by molar-refractivity contribution is 1.17. The molecule has 240 valence electrons. The second-order valence-corrected chi connectivity index (χ2v) is 14.1. The number of benzene rings is 8. The summed E-state index contributed by atoms with van der Waals surface area (Å²) >= 11 is 0. The molecule has 0 fully saturated rings. The van der Waals surface area contributed by atoms with Crippen LogP contribution >= 0.6 is 0 Å². The Bertz CT molecular complexity index is 3080. The number of nitrogens with zero attached hydrogens (tertiary/aromatic N) is 3. The second kappa shape index (κ2) is 10.4. The van der Waals surface area contributed by atoms with Crippen LogP contribution in [0.2, 0.25) is 0 Å². The van der Waals surface area contributed by atoms with E-state index in [0.717, 1.165) is 11.4 Å². The SMILES string of the molecule is c1ccc(-n2c3ccccc3c3cc4c(cc32)c2c3c(ccc2n4-c2ccccc2)-c2ccccc2B2c4ccccc4-c4ccccc4N23)cc1. The molecule has 0 bridgehead atoms. The highest BCUT2D eigenvalue weighted by atomic mass is 15.1. The Hall–Kier alpha value is -6.78. The van der Waals surface area contributed by atoms with Gasteiger partial charge in [0.2, 0.25) is 0 Å². The zero-order valence-corrected chi connectivity index (χ0v) is 28.2. The molecule has 0 amide bonds. The van der Waals surface area contributed by atoms with Gasteiger partial charge < -0.3 is 13.9 Å². The molecule has 4 heteroatoms. The number of anilines is 2. The fraction of sp³-hybridized carbons (Fsp3) is 0. The summed E-state index contributed by atoms with van der Waals surface area (Å²) in [5, 5.41) is 5.03. The van der Waals surface area contributed by atoms with Gasteiger partial charge in [0.05, 0.1) is 22.1 Å². The number of fused-ring (bicyclic) bond motifs is 18. The molecule has 12 rings (SSSR count). The topological polar surface area (TPSA) is 13.1 Å². The third kappa shape index (κ3) is 3.60. The van der Waals surface area contributed by atoms with E-state index in [4.69, 9.17) is 0 Å². The van der Waals surface area contributed by atoms with Crippen LogP contribution in [0, 0.1) is 0 Å². The van der Waals surface area contributed by atoms with Crippen LogP contribution in [0.1, 0.15) is 0 Å². The third-order valence-corrected chi connectivity index (χ3v) is 11.5. The van der Waals surface area contributed by atoms with E-state index in [9.17, 15) is 0 Å². The van der Waals surface area contributed by atoms with Gasteiger partial charge in [-0.3, -0.25) is 0 Å². The van der Waals surface area contributed by atoms with Gasteiger partial charge in [0.25, 0.3) is 0 Å². The van der Waals surface area contributed by atoms with E-state index in [1.807, 2.05) is 0 Å². The Balaban J connectivity index is 1.30. The first-order chi connectivity index (χ1) is 25.8. The minimum Gasteiger partial charge on any atom is -0.375 e. The molecule has 0 saturated heterocycles. The molecule has 0 aliphatic carbocycles. The molecule has 0 N–H and O–H groups in total. The van der Waals surface area contributed by atoms with Crippen molar-refractivity contribution in [2.24, 2.45) is 0 Å². The summed E-state index contributed by atoms with van der Waals surface area (Å²) in [6, 6.07) is 67.2. The maximum atomic E-state index is 2.66. The third-order valence-electron chi connectivity index (χ3n) is 11.5. The number of hydrogen-bond donors (Lipinski definition) is 0. The fourth-order valence-electron chi connectivity index (χ4n) is 9.44. The molecule has 10 aromatic rings. The highest BCUT2D eigenvalue weighted by molar-refractivity contribution is 6.92. The molecule has 8 aromatic carbocycles. The predicted octanol–water partition coefficient (Wildman–Crippen LogP) is 10.8. The van der Waals surface area contributed by atoms with Crippen LogP contribution in [0.3, 0.4) is 0 Å². The normalized spacial score (nSPS) is 12.9. The Morgan fingerprint density at radius 3 is 1.62 bits per heavy atom. The minimum atomic E-state index is 0.0371. The molecule has 2 aliphatic heterocycles. The van der Waals surface area contributed by atoms with Crippen LogP contribution in [0.4, 0.5) is 11.4 Å². The highest BCUT2D eigenvalue weighted by Crippen LogP contribution is 2.52. The van der Waals surface area contributed by atoms with Gasteiger partial charge in [-0.1, -0.05) is 127 Å². The Kier molecular flexibility index (Phi) is 5.58. The maximum Gasteiger partial charge on any atom is 0.329 e. The second-order valence-electron chi connectivity index (χ2n) is 14.1. The van der Waals surface area contributed by atoms with Crippen molar-refractivity contribution in [2.45, 2.75) is 0 Å². The van der Waals surface area contributed by atoms with Crippen LogP contribution in [-0.4, -0.2) is 16.0 Å². The predicted molar refractivity (Wildman–Crippen MR) is 220 cm³/mol. The molecule has 0 unspecified atom stereocenters. The summed E-state index contributed by atoms with van der Waals surface area (Å²) in [5.74, 6) is 0. The van der Waals surface area contributed by atoms with E-state index in [-0.39, 0.29) is 6.85 Å². The zero-order valence-electron chi connectivity index (χ0n) is 28.2. The van der Waals surface area contributed by atoms with Crippen LogP contribution in [0.5, 0.6) is 0 Å². The van der Waals surface area contributed by atoms with Crippen molar-refractivity contribution in [1.82, 2.24) is 9.13 Å². The number of para-hydroxylation sites is 4. The number of hydrogen-bond acceptors (Lipinski definition) is 1. The molecule has 52 heavy (non-hydrogen) atoms. The first kappa shape index (κ1) is 28.0. The molecule has 2 aliphatic rings. The largest absolute Gasteiger partial charge is 0.375 e. The van der Waals surface area contributed by atoms with Crippen molar-refractivity contribution in [3.8, 4) is 33.6 Å². The standard InChI is InChI=1S/C48H30BN3/c1-3-15-31(16-4-1)50-42-25-13-9-22-36(42)38-29-46-39(30-45(38)50)47-44(51(46)32-17-5-2-6-18-32)28-27-37-34-20-8-12-24-41(34)49-40-23-11-7-19-33(40)35-21-10-14-26-43(35)52(49)48(37)47/h1-30H. The molecular weight excluding hydrogens is 629 g/mol. The van der Waals surface area contributed by atoms with Crippen molar-refractivity contribution in [1.29, 1.82) is 0 Å². The van der Waals surface area contributed by atoms with Gasteiger partial charge in [-0.15, -0.1) is 0 Å². The van der Waals surface area contributed by atoms with Crippen molar-refractivity contribution in [3.05, 3.63) is 182 Å². The Morgan fingerprint density at radius 2 is 0.885 bits per heavy atom. The van der Waals surface area contributed by atoms with Crippen molar-refractivity contribution in [2.75, 3.05) is 4.81 Å². The summed E-state index contributed by atoms with van der Waals surface area (Å²) in [7, 11) is 0. The van der Waals surface area contributed by atoms with E-state index in [2.05, 4.69) is 196 Å². The van der Waals surface area contributed by atoms with Crippen LogP contribution < -0.4 is 15.7 Å². The molecule has 0 radical (unpaired) electrons. The molecule has 4 heterocycles. The minimum absolute atomic E-state index is 0.0371. The molecular formula is C48H30BN3. The summed E-state index contributed by atoms with van der Waals surface area (Å²) in [4.78, 5) is 2.66. The highest BCUT2D eigenvalue weighted by Gasteiger charge is 2.43. The molecule has 0 saturated carbocycles. The summed E-state index contributed by atoms with van der Waals surface area (Å²) in [6.07, 6.45) is 0. The van der Waals surface area contributed by atoms with Crippen molar-refractivity contribution >= 4 is 72.8 Å². The average molecular weight is 660 g/mol. The molecule has 2 aromatic heterocycles. The van der Waals surface area contributed by atoms with Gasteiger partial charge in [0.15, 0.2) is 0 Å². The van der Waals surface area contributed by atoms with Gasteiger partial charge in [0, 0.05) is 55.4 Å². The number of aromatic nitrogens is 2. The van der Waals surface area contributed by atoms with Gasteiger partial charge in [-0.2, -0.15) is 0 Å². The van der Waals surface area contributed by atoms with Crippen molar-refractivity contribution in [3.63, 3.8) is 0 Å². The lowest BCUT2D eigenvalue weighted by atomic mass is 9.43. The first-order valence-electron chi connectivity index (χ1n) is 18.1. The van der Waals surface area contributed by atoms with E-state index in [1.165, 1.54) is 88.2 Å². The van der Waals surface area contributed by atoms with E-state index in [1.54, 1.807) is 0 Å². The first-order valence-corrected chi connectivity index (χ1v) is 18.1. The molecule has 3 nitrogen and oxygen atoms in total. The van der Waals surface area contributed by atoms with E-state index >= 15 is 0 Å². The van der Waals surface area contributed by atoms with Gasteiger partial charge in [-0.25, -0.2) is 0 Å². The smallest absolute Gasteiger partial charge is 0.329 e. The quantitative estimate of drug-likeness (QED) is 0.168. The maximum absolute atomic E-state index is 2.66. The van der Waals surface area contributed by atoms with Crippen molar-refractivity contribution < 1.29 is 0 Å². The van der Waals surface area contributed by atoms with Gasteiger partial charge in [-0.05, 0) is 76.6 Å². The van der Waals surface area contributed by atoms with Crippen LogP contribution in [0.25, 0.3) is 77.2 Å². The Morgan fingerprint density at radius 1 is 0.346 bits per heavy atom. The lowest BCUT2D eigenvalue weighted by Crippen LogP contribution is -2.59. The van der Waals surface area contributed by atoms with E-state index < -0.39 is 0 Å². The summed E-state index contributed by atoms with van der Waals surface area (Å²) in [5.41, 5.74) is 17.5. The van der Waals surface area contributed by atoms with E-state index in [0.29, 0.717) is 0 Å². The molecule has 0 atom stereocenters. The fourth-order valence-corrected chi connectivity index (χ4v) is 9.44. The average Bonchev–Trinajstić information content (AvgIpc) is 3.72. The lowest BCUT2D eigenvalue weighted by Gasteiger charge is -2.43. The van der Waals surface area contributed by atoms with Crippen LogP contribution in [-0.2, 0) is 0 Å². The zero-order chi connectivity index (χ0) is 33.9. The van der Waals surface area contributed by atoms with Crippen LogP contribution in [0.15, 0.2) is 182 Å². The summed E-state index contributed by atoms with van der Waals surface area (Å²) < 4.78 is 4.92. The number of rotatable bonds is 2. The monoisotopic (exact) mass is 659 g/mol. The Labute approximate surface area is 301 Å². The molecule has 0 spiro atoms. The van der Waals surface area contributed by atoms with Gasteiger partial charge in [0.1, 0.15) is 0 Å². The van der Waals surface area contributed by atoms with Gasteiger partial charge >= 0.3 is 6.85 Å².